The lowest BCUT2D eigenvalue weighted by Crippen LogP contribution is -2.50. The van der Waals surface area contributed by atoms with Gasteiger partial charge in [0.1, 0.15) is 17.6 Å². The number of benzene rings is 2. The summed E-state index contributed by atoms with van der Waals surface area (Å²) in [6.07, 6.45) is 0. The molecule has 0 aromatic heterocycles. The first kappa shape index (κ1) is 24.9. The molecular weight excluding hydrogens is 463 g/mol. The fourth-order valence-electron chi connectivity index (χ4n) is 3.01. The lowest BCUT2D eigenvalue weighted by atomic mass is 10.0. The van der Waals surface area contributed by atoms with Crippen LogP contribution < -0.4 is 10.1 Å². The summed E-state index contributed by atoms with van der Waals surface area (Å²) in [4.78, 5) is 26.9. The van der Waals surface area contributed by atoms with E-state index in [1.54, 1.807) is 25.1 Å². The standard InChI is InChI=1S/C24H30BrFN2O3/c1-15(2)18-10-11-22(20(25)12-18)31-14-23(29)28(17(5)24(30)27-16(3)4)13-19-8-6-7-9-21(19)26/h6-12,15-17H,13-14H2,1-5H3,(H,27,30)/t17-/m1/s1. The van der Waals surface area contributed by atoms with Gasteiger partial charge in [-0.05, 0) is 66.4 Å². The maximum atomic E-state index is 14.2. The van der Waals surface area contributed by atoms with Gasteiger partial charge in [0.25, 0.3) is 5.91 Å². The number of nitrogens with one attached hydrogen (secondary N) is 1. The molecule has 0 aliphatic heterocycles. The summed E-state index contributed by atoms with van der Waals surface area (Å²) in [6, 6.07) is 11.1. The Hall–Kier alpha value is -2.41. The Morgan fingerprint density at radius 2 is 1.77 bits per heavy atom. The zero-order valence-corrected chi connectivity index (χ0v) is 20.2. The summed E-state index contributed by atoms with van der Waals surface area (Å²) < 4.78 is 20.7. The molecule has 5 nitrogen and oxygen atoms in total. The van der Waals surface area contributed by atoms with Gasteiger partial charge in [0.05, 0.1) is 4.47 Å². The minimum Gasteiger partial charge on any atom is -0.483 e. The van der Waals surface area contributed by atoms with Gasteiger partial charge in [-0.2, -0.15) is 0 Å². The molecule has 0 heterocycles. The molecule has 1 N–H and O–H groups in total. The van der Waals surface area contributed by atoms with Gasteiger partial charge < -0.3 is 15.0 Å². The smallest absolute Gasteiger partial charge is 0.261 e. The molecule has 0 spiro atoms. The molecule has 0 saturated heterocycles. The summed E-state index contributed by atoms with van der Waals surface area (Å²) in [5.41, 5.74) is 1.48. The van der Waals surface area contributed by atoms with E-state index in [-0.39, 0.29) is 25.1 Å². The number of hydrogen-bond acceptors (Lipinski definition) is 3. The zero-order chi connectivity index (χ0) is 23.1. The second kappa shape index (κ2) is 11.3. The molecule has 7 heteroatoms. The lowest BCUT2D eigenvalue weighted by Gasteiger charge is -2.29. The second-order valence-corrected chi connectivity index (χ2v) is 8.94. The van der Waals surface area contributed by atoms with E-state index in [1.165, 1.54) is 11.0 Å². The minimum absolute atomic E-state index is 0.0327. The predicted octanol–water partition coefficient (Wildman–Crippen LogP) is 5.03. The average Bonchev–Trinajstić information content (AvgIpc) is 2.70. The van der Waals surface area contributed by atoms with Crippen LogP contribution >= 0.6 is 15.9 Å². The molecule has 0 bridgehead atoms. The van der Waals surface area contributed by atoms with Crippen LogP contribution in [0.1, 0.15) is 51.7 Å². The molecule has 2 rings (SSSR count). The summed E-state index contributed by atoms with van der Waals surface area (Å²) in [7, 11) is 0. The van der Waals surface area contributed by atoms with Crippen LogP contribution in [0.2, 0.25) is 0 Å². The van der Waals surface area contributed by atoms with Crippen LogP contribution in [-0.4, -0.2) is 35.4 Å². The van der Waals surface area contributed by atoms with Crippen molar-refractivity contribution >= 4 is 27.7 Å². The van der Waals surface area contributed by atoms with Crippen molar-refractivity contribution in [2.75, 3.05) is 6.61 Å². The molecule has 0 saturated carbocycles. The van der Waals surface area contributed by atoms with Crippen molar-refractivity contribution in [2.24, 2.45) is 0 Å². The largest absolute Gasteiger partial charge is 0.483 e. The molecule has 0 aliphatic carbocycles. The van der Waals surface area contributed by atoms with Crippen LogP contribution in [0.15, 0.2) is 46.9 Å². The van der Waals surface area contributed by atoms with E-state index in [1.807, 2.05) is 32.0 Å². The van der Waals surface area contributed by atoms with E-state index >= 15 is 0 Å². The highest BCUT2D eigenvalue weighted by molar-refractivity contribution is 9.10. The van der Waals surface area contributed by atoms with Gasteiger partial charge in [-0.3, -0.25) is 9.59 Å². The van der Waals surface area contributed by atoms with Crippen LogP contribution in [0.3, 0.4) is 0 Å². The molecule has 0 radical (unpaired) electrons. The molecule has 0 unspecified atom stereocenters. The third-order valence-corrected chi connectivity index (χ3v) is 5.49. The van der Waals surface area contributed by atoms with E-state index < -0.39 is 17.8 Å². The third-order valence-electron chi connectivity index (χ3n) is 4.87. The van der Waals surface area contributed by atoms with Gasteiger partial charge in [0.2, 0.25) is 5.91 Å². The van der Waals surface area contributed by atoms with Crippen molar-refractivity contribution in [1.82, 2.24) is 10.2 Å². The summed E-state index contributed by atoms with van der Waals surface area (Å²) >= 11 is 3.48. The molecule has 0 aliphatic rings. The van der Waals surface area contributed by atoms with Crippen molar-refractivity contribution in [2.45, 2.75) is 59.2 Å². The van der Waals surface area contributed by atoms with Crippen molar-refractivity contribution in [3.8, 4) is 5.75 Å². The number of amides is 2. The molecule has 0 fully saturated rings. The summed E-state index contributed by atoms with van der Waals surface area (Å²) in [6.45, 7) is 9.20. The maximum Gasteiger partial charge on any atom is 0.261 e. The minimum atomic E-state index is -0.787. The summed E-state index contributed by atoms with van der Waals surface area (Å²) in [5, 5.41) is 2.80. The highest BCUT2D eigenvalue weighted by atomic mass is 79.9. The predicted molar refractivity (Wildman–Crippen MR) is 123 cm³/mol. The van der Waals surface area contributed by atoms with E-state index in [2.05, 4.69) is 35.1 Å². The van der Waals surface area contributed by atoms with Gasteiger partial charge in [-0.15, -0.1) is 0 Å². The molecule has 168 valence electrons. The lowest BCUT2D eigenvalue weighted by molar-refractivity contribution is -0.142. The van der Waals surface area contributed by atoms with E-state index in [0.717, 1.165) is 10.0 Å². The fraction of sp³-hybridized carbons (Fsp3) is 0.417. The number of halogens is 2. The van der Waals surface area contributed by atoms with Crippen molar-refractivity contribution in [3.63, 3.8) is 0 Å². The maximum absolute atomic E-state index is 14.2. The van der Waals surface area contributed by atoms with Crippen molar-refractivity contribution in [3.05, 3.63) is 63.9 Å². The number of rotatable bonds is 9. The van der Waals surface area contributed by atoms with Crippen LogP contribution in [0.4, 0.5) is 4.39 Å². The normalized spacial score (nSPS) is 12.0. The van der Waals surface area contributed by atoms with Gasteiger partial charge in [0.15, 0.2) is 6.61 Å². The SMILES string of the molecule is CC(C)NC(=O)[C@@H](C)N(Cc1ccccc1F)C(=O)COc1ccc(C(C)C)cc1Br. The van der Waals surface area contributed by atoms with Gasteiger partial charge in [-0.1, -0.05) is 38.1 Å². The van der Waals surface area contributed by atoms with E-state index in [9.17, 15) is 14.0 Å². The van der Waals surface area contributed by atoms with Crippen LogP contribution in [-0.2, 0) is 16.1 Å². The highest BCUT2D eigenvalue weighted by Gasteiger charge is 2.27. The Morgan fingerprint density at radius 3 is 2.35 bits per heavy atom. The first-order chi connectivity index (χ1) is 14.6. The topological polar surface area (TPSA) is 58.6 Å². The van der Waals surface area contributed by atoms with Crippen LogP contribution in [0.25, 0.3) is 0 Å². The van der Waals surface area contributed by atoms with Gasteiger partial charge in [0, 0.05) is 18.2 Å². The number of ether oxygens (including phenoxy) is 1. The highest BCUT2D eigenvalue weighted by Crippen LogP contribution is 2.29. The molecular formula is C24H30BrFN2O3. The Kier molecular flexibility index (Phi) is 9.04. The molecule has 31 heavy (non-hydrogen) atoms. The molecule has 2 aromatic carbocycles. The Labute approximate surface area is 192 Å². The van der Waals surface area contributed by atoms with Crippen LogP contribution in [0.5, 0.6) is 5.75 Å². The Balaban J connectivity index is 2.19. The quantitative estimate of drug-likeness (QED) is 0.533. The zero-order valence-electron chi connectivity index (χ0n) is 18.6. The number of carbonyl (C=O) groups excluding carboxylic acids is 2. The Morgan fingerprint density at radius 1 is 1.10 bits per heavy atom. The van der Waals surface area contributed by atoms with Crippen molar-refractivity contribution < 1.29 is 18.7 Å². The third kappa shape index (κ3) is 7.06. The number of carbonyl (C=O) groups is 2. The fourth-order valence-corrected chi connectivity index (χ4v) is 3.52. The molecule has 2 aromatic rings. The number of nitrogens with zero attached hydrogens (tertiary/aromatic N) is 1. The molecule has 2 amide bonds. The van der Waals surface area contributed by atoms with Gasteiger partial charge in [-0.25, -0.2) is 4.39 Å². The first-order valence-electron chi connectivity index (χ1n) is 10.4. The van der Waals surface area contributed by atoms with Crippen LogP contribution in [0, 0.1) is 5.82 Å². The van der Waals surface area contributed by atoms with E-state index in [0.29, 0.717) is 17.2 Å². The molecule has 1 atom stereocenters. The Bertz CT molecular complexity index is 917. The number of hydrogen-bond donors (Lipinski definition) is 1. The van der Waals surface area contributed by atoms with Gasteiger partial charge >= 0.3 is 0 Å². The second-order valence-electron chi connectivity index (χ2n) is 8.09. The summed E-state index contributed by atoms with van der Waals surface area (Å²) in [5.74, 6) is -0.243. The first-order valence-corrected chi connectivity index (χ1v) is 11.1. The average molecular weight is 493 g/mol. The monoisotopic (exact) mass is 492 g/mol. The van der Waals surface area contributed by atoms with E-state index in [4.69, 9.17) is 4.74 Å². The van der Waals surface area contributed by atoms with Crippen molar-refractivity contribution in [1.29, 1.82) is 0 Å².